The number of thioether (sulfide) groups is 1. The second-order valence-corrected chi connectivity index (χ2v) is 7.04. The van der Waals surface area contributed by atoms with Gasteiger partial charge in [-0.15, -0.1) is 0 Å². The zero-order chi connectivity index (χ0) is 17.1. The number of ether oxygens (including phenoxy) is 1. The number of benzene rings is 1. The van der Waals surface area contributed by atoms with Crippen LogP contribution in [-0.4, -0.2) is 46.3 Å². The quantitative estimate of drug-likeness (QED) is 0.514. The summed E-state index contributed by atoms with van der Waals surface area (Å²) in [6.07, 6.45) is 0. The summed E-state index contributed by atoms with van der Waals surface area (Å²) in [5.74, 6) is 2.43. The fraction of sp³-hybridized carbons (Fsp3) is 0.389. The van der Waals surface area contributed by atoms with Gasteiger partial charge >= 0.3 is 0 Å². The summed E-state index contributed by atoms with van der Waals surface area (Å²) in [5.41, 5.74) is 1.88. The van der Waals surface area contributed by atoms with Crippen LogP contribution in [-0.2, 0) is 17.0 Å². The predicted molar refractivity (Wildman–Crippen MR) is 96.4 cm³/mol. The van der Waals surface area contributed by atoms with Gasteiger partial charge in [-0.1, -0.05) is 35.1 Å². The van der Waals surface area contributed by atoms with Crippen molar-refractivity contribution in [2.45, 2.75) is 24.2 Å². The zero-order valence-electron chi connectivity index (χ0n) is 14.1. The molecule has 0 atom stereocenters. The molecule has 4 rings (SSSR count). The molecule has 0 saturated carbocycles. The Bertz CT molecular complexity index is 861. The highest BCUT2D eigenvalue weighted by Gasteiger charge is 2.15. The Labute approximate surface area is 150 Å². The van der Waals surface area contributed by atoms with Crippen molar-refractivity contribution < 1.29 is 9.26 Å². The van der Waals surface area contributed by atoms with Gasteiger partial charge in [0.15, 0.2) is 0 Å². The van der Waals surface area contributed by atoms with Crippen LogP contribution in [0.4, 0.5) is 0 Å². The smallest absolute Gasteiger partial charge is 0.147 e. The Hall–Kier alpha value is -1.96. The highest BCUT2D eigenvalue weighted by molar-refractivity contribution is 7.98. The zero-order valence-corrected chi connectivity index (χ0v) is 15.0. The molecule has 3 aromatic rings. The van der Waals surface area contributed by atoms with Gasteiger partial charge < -0.3 is 9.26 Å². The van der Waals surface area contributed by atoms with Crippen molar-refractivity contribution in [2.75, 3.05) is 26.3 Å². The van der Waals surface area contributed by atoms with Gasteiger partial charge in [-0.3, -0.25) is 4.90 Å². The summed E-state index contributed by atoms with van der Waals surface area (Å²) in [7, 11) is 0. The van der Waals surface area contributed by atoms with Gasteiger partial charge in [0.2, 0.25) is 0 Å². The maximum atomic E-state index is 5.42. The standard InChI is InChI=1S/C18H20N4O2S/c1-13-10-14(24-21-13)12-25-18-15-4-2-3-5-16(15)19-17(20-18)11-22-6-8-23-9-7-22/h2-5,10H,6-9,11-12H2,1H3. The molecule has 1 aromatic carbocycles. The molecule has 0 bridgehead atoms. The second kappa shape index (κ2) is 7.51. The van der Waals surface area contributed by atoms with Crippen molar-refractivity contribution >= 4 is 22.7 Å². The van der Waals surface area contributed by atoms with Crippen LogP contribution in [0.3, 0.4) is 0 Å². The maximum Gasteiger partial charge on any atom is 0.147 e. The fourth-order valence-electron chi connectivity index (χ4n) is 2.86. The first kappa shape index (κ1) is 16.5. The van der Waals surface area contributed by atoms with Crippen molar-refractivity contribution in [3.63, 3.8) is 0 Å². The third-order valence-corrected chi connectivity index (χ3v) is 5.12. The molecule has 25 heavy (non-hydrogen) atoms. The van der Waals surface area contributed by atoms with E-state index in [9.17, 15) is 0 Å². The number of aromatic nitrogens is 3. The third-order valence-electron chi connectivity index (χ3n) is 4.11. The summed E-state index contributed by atoms with van der Waals surface area (Å²) in [4.78, 5) is 11.9. The topological polar surface area (TPSA) is 64.3 Å². The molecule has 1 aliphatic rings. The number of fused-ring (bicyclic) bond motifs is 1. The van der Waals surface area contributed by atoms with Gasteiger partial charge in [0.05, 0.1) is 36.7 Å². The minimum Gasteiger partial charge on any atom is -0.379 e. The Balaban J connectivity index is 1.59. The minimum absolute atomic E-state index is 0.707. The first-order chi connectivity index (χ1) is 12.3. The van der Waals surface area contributed by atoms with E-state index in [2.05, 4.69) is 16.1 Å². The summed E-state index contributed by atoms with van der Waals surface area (Å²) in [6.45, 7) is 6.09. The van der Waals surface area contributed by atoms with Crippen molar-refractivity contribution in [3.8, 4) is 0 Å². The molecule has 1 aliphatic heterocycles. The number of nitrogens with zero attached hydrogens (tertiary/aromatic N) is 4. The van der Waals surface area contributed by atoms with Crippen LogP contribution >= 0.6 is 11.8 Å². The number of aryl methyl sites for hydroxylation is 1. The predicted octanol–water partition coefficient (Wildman–Crippen LogP) is 3.05. The molecule has 130 valence electrons. The van der Waals surface area contributed by atoms with E-state index in [-0.39, 0.29) is 0 Å². The Morgan fingerprint density at radius 1 is 1.16 bits per heavy atom. The molecule has 1 fully saturated rings. The fourth-order valence-corrected chi connectivity index (χ4v) is 3.77. The average Bonchev–Trinajstić information content (AvgIpc) is 3.06. The number of hydrogen-bond acceptors (Lipinski definition) is 7. The van der Waals surface area contributed by atoms with Gasteiger partial charge in [0.25, 0.3) is 0 Å². The van der Waals surface area contributed by atoms with Gasteiger partial charge in [0.1, 0.15) is 16.6 Å². The van der Waals surface area contributed by atoms with E-state index < -0.39 is 0 Å². The normalized spacial score (nSPS) is 15.7. The lowest BCUT2D eigenvalue weighted by Crippen LogP contribution is -2.36. The van der Waals surface area contributed by atoms with Crippen molar-refractivity contribution in [1.29, 1.82) is 0 Å². The summed E-state index contributed by atoms with van der Waals surface area (Å²) in [6, 6.07) is 10.1. The molecule has 0 amide bonds. The Kier molecular flexibility index (Phi) is 4.96. The third kappa shape index (κ3) is 4.00. The molecular weight excluding hydrogens is 336 g/mol. The van der Waals surface area contributed by atoms with Gasteiger partial charge in [0, 0.05) is 24.5 Å². The highest BCUT2D eigenvalue weighted by Crippen LogP contribution is 2.28. The maximum absolute atomic E-state index is 5.42. The molecule has 3 heterocycles. The van der Waals surface area contributed by atoms with Gasteiger partial charge in [-0.05, 0) is 13.0 Å². The van der Waals surface area contributed by atoms with Crippen LogP contribution in [0.2, 0.25) is 0 Å². The van der Waals surface area contributed by atoms with Crippen molar-refractivity contribution in [1.82, 2.24) is 20.0 Å². The van der Waals surface area contributed by atoms with E-state index >= 15 is 0 Å². The van der Waals surface area contributed by atoms with E-state index in [4.69, 9.17) is 19.2 Å². The van der Waals surface area contributed by atoms with Crippen LogP contribution in [0.1, 0.15) is 17.3 Å². The van der Waals surface area contributed by atoms with E-state index in [0.29, 0.717) is 5.75 Å². The van der Waals surface area contributed by atoms with Crippen LogP contribution < -0.4 is 0 Å². The lowest BCUT2D eigenvalue weighted by atomic mass is 10.2. The molecule has 2 aromatic heterocycles. The second-order valence-electron chi connectivity index (χ2n) is 6.07. The van der Waals surface area contributed by atoms with E-state index in [1.807, 2.05) is 31.2 Å². The molecular formula is C18H20N4O2S. The molecule has 0 unspecified atom stereocenters. The number of morpholine rings is 1. The highest BCUT2D eigenvalue weighted by atomic mass is 32.2. The largest absolute Gasteiger partial charge is 0.379 e. The summed E-state index contributed by atoms with van der Waals surface area (Å²) >= 11 is 1.66. The molecule has 0 N–H and O–H groups in total. The SMILES string of the molecule is Cc1cc(CSc2nc(CN3CCOCC3)nc3ccccc23)on1. The lowest BCUT2D eigenvalue weighted by molar-refractivity contribution is 0.0330. The van der Waals surface area contributed by atoms with Crippen LogP contribution in [0, 0.1) is 6.92 Å². The Morgan fingerprint density at radius 3 is 2.80 bits per heavy atom. The summed E-state index contributed by atoms with van der Waals surface area (Å²) in [5, 5.41) is 6.01. The summed E-state index contributed by atoms with van der Waals surface area (Å²) < 4.78 is 10.7. The molecule has 7 heteroatoms. The van der Waals surface area contributed by atoms with E-state index in [1.54, 1.807) is 11.8 Å². The van der Waals surface area contributed by atoms with Crippen LogP contribution in [0.25, 0.3) is 10.9 Å². The van der Waals surface area contributed by atoms with Gasteiger partial charge in [-0.25, -0.2) is 9.97 Å². The molecule has 0 aliphatic carbocycles. The molecule has 1 saturated heterocycles. The molecule has 6 nitrogen and oxygen atoms in total. The first-order valence-corrected chi connectivity index (χ1v) is 9.37. The lowest BCUT2D eigenvalue weighted by Gasteiger charge is -2.25. The Morgan fingerprint density at radius 2 is 2.00 bits per heavy atom. The molecule has 0 radical (unpaired) electrons. The monoisotopic (exact) mass is 356 g/mol. The van der Waals surface area contributed by atoms with Gasteiger partial charge in [-0.2, -0.15) is 0 Å². The average molecular weight is 356 g/mol. The minimum atomic E-state index is 0.707. The number of para-hydroxylation sites is 1. The first-order valence-electron chi connectivity index (χ1n) is 8.39. The van der Waals surface area contributed by atoms with Crippen molar-refractivity contribution in [3.05, 3.63) is 47.6 Å². The van der Waals surface area contributed by atoms with E-state index in [0.717, 1.165) is 66.1 Å². The number of rotatable bonds is 5. The number of hydrogen-bond donors (Lipinski definition) is 0. The van der Waals surface area contributed by atoms with Crippen LogP contribution in [0.15, 0.2) is 39.9 Å². The van der Waals surface area contributed by atoms with Crippen molar-refractivity contribution in [2.24, 2.45) is 0 Å². The van der Waals surface area contributed by atoms with E-state index in [1.165, 1.54) is 0 Å². The van der Waals surface area contributed by atoms with Crippen LogP contribution in [0.5, 0.6) is 0 Å². The molecule has 0 spiro atoms.